The van der Waals surface area contributed by atoms with E-state index in [9.17, 15) is 9.90 Å². The molecule has 1 aliphatic carbocycles. The lowest BCUT2D eigenvalue weighted by molar-refractivity contribution is -0.0914. The zero-order valence-corrected chi connectivity index (χ0v) is 19.5. The van der Waals surface area contributed by atoms with E-state index in [1.807, 2.05) is 41.8 Å². The number of aliphatic hydroxyl groups is 1. The number of H-pyrrole nitrogens is 1. The highest BCUT2D eigenvalue weighted by Crippen LogP contribution is 2.67. The molecular weight excluding hydrogens is 454 g/mol. The van der Waals surface area contributed by atoms with Crippen LogP contribution in [0.2, 0.25) is 0 Å². The average molecular weight is 476 g/mol. The summed E-state index contributed by atoms with van der Waals surface area (Å²) in [6.07, 6.45) is 1.53. The molecule has 1 aromatic carbocycles. The quantitative estimate of drug-likeness (QED) is 0.467. The molecule has 9 heteroatoms. The molecule has 0 amide bonds. The highest BCUT2D eigenvalue weighted by atomic mass is 32.1. The summed E-state index contributed by atoms with van der Waals surface area (Å²) in [6, 6.07) is 12.9. The third-order valence-electron chi connectivity index (χ3n) is 6.67. The third-order valence-corrected chi connectivity index (χ3v) is 7.61. The molecule has 172 valence electrons. The second-order valence-electron chi connectivity index (χ2n) is 8.36. The number of aromatic amines is 1. The number of thiophene rings is 1. The first-order valence-corrected chi connectivity index (χ1v) is 11.6. The molecule has 8 nitrogen and oxygen atoms in total. The van der Waals surface area contributed by atoms with Gasteiger partial charge in [-0.1, -0.05) is 18.2 Å². The van der Waals surface area contributed by atoms with Crippen molar-refractivity contribution in [3.8, 4) is 17.2 Å². The summed E-state index contributed by atoms with van der Waals surface area (Å²) in [5.41, 5.74) is -1.99. The minimum Gasteiger partial charge on any atom is -0.497 e. The summed E-state index contributed by atoms with van der Waals surface area (Å²) in [5.74, 6) is 1.29. The summed E-state index contributed by atoms with van der Waals surface area (Å²) >= 11 is 1.49. The van der Waals surface area contributed by atoms with Gasteiger partial charge in [0, 0.05) is 16.5 Å². The normalized spacial score (nSPS) is 24.2. The van der Waals surface area contributed by atoms with Crippen molar-refractivity contribution in [3.05, 3.63) is 97.6 Å². The lowest BCUT2D eigenvalue weighted by Gasteiger charge is -2.39. The molecule has 3 atom stereocenters. The molecule has 4 aromatic rings. The van der Waals surface area contributed by atoms with Gasteiger partial charge >= 0.3 is 0 Å². The van der Waals surface area contributed by atoms with Crippen molar-refractivity contribution >= 4 is 11.3 Å². The fourth-order valence-corrected chi connectivity index (χ4v) is 6.17. The van der Waals surface area contributed by atoms with Crippen LogP contribution < -0.4 is 19.8 Å². The number of rotatable bonds is 4. The number of nitrogens with one attached hydrogen (secondary N) is 1. The maximum atomic E-state index is 13.4. The molecule has 4 heterocycles. The van der Waals surface area contributed by atoms with Crippen molar-refractivity contribution in [2.24, 2.45) is 0 Å². The van der Waals surface area contributed by atoms with Crippen molar-refractivity contribution in [1.29, 1.82) is 0 Å². The minimum absolute atomic E-state index is 0.249. The molecule has 0 fully saturated rings. The second-order valence-corrected chi connectivity index (χ2v) is 9.34. The second kappa shape index (κ2) is 7.15. The number of methoxy groups -OCH3 is 2. The van der Waals surface area contributed by atoms with Crippen LogP contribution >= 0.6 is 11.3 Å². The van der Waals surface area contributed by atoms with Crippen LogP contribution in [0.25, 0.3) is 0 Å². The van der Waals surface area contributed by atoms with Gasteiger partial charge in [-0.3, -0.25) is 4.79 Å². The number of ether oxygens (including phenoxy) is 3. The Morgan fingerprint density at radius 2 is 1.88 bits per heavy atom. The summed E-state index contributed by atoms with van der Waals surface area (Å²) in [4.78, 5) is 26.3. The summed E-state index contributed by atoms with van der Waals surface area (Å²) in [7, 11) is 3.13. The number of aromatic nitrogens is 3. The van der Waals surface area contributed by atoms with Crippen molar-refractivity contribution in [1.82, 2.24) is 15.0 Å². The van der Waals surface area contributed by atoms with E-state index in [1.54, 1.807) is 27.2 Å². The molecule has 0 bridgehead atoms. The summed E-state index contributed by atoms with van der Waals surface area (Å²) in [5, 5.41) is 14.6. The smallest absolute Gasteiger partial charge is 0.255 e. The Hall–Kier alpha value is -3.69. The molecule has 0 saturated heterocycles. The van der Waals surface area contributed by atoms with Gasteiger partial charge in [-0.25, -0.2) is 9.97 Å². The van der Waals surface area contributed by atoms with E-state index in [4.69, 9.17) is 14.2 Å². The lowest BCUT2D eigenvalue weighted by atomic mass is 9.73. The van der Waals surface area contributed by atoms with E-state index < -0.39 is 17.1 Å². The van der Waals surface area contributed by atoms with Gasteiger partial charge in [0.25, 0.3) is 5.56 Å². The van der Waals surface area contributed by atoms with Gasteiger partial charge in [0.15, 0.2) is 11.2 Å². The average Bonchev–Trinajstić information content (AvgIpc) is 3.51. The van der Waals surface area contributed by atoms with Gasteiger partial charge in [0.2, 0.25) is 0 Å². The van der Waals surface area contributed by atoms with Gasteiger partial charge in [0.1, 0.15) is 28.8 Å². The molecule has 3 aromatic heterocycles. The fourth-order valence-electron chi connectivity index (χ4n) is 5.28. The molecular formula is C25H21N3O5S. The SMILES string of the molecule is COc1ccc([C@@]23Oc4cc(OC)cnc4[C@]2(O)c2nc(C)[nH]c(=O)c2[C@H]3c2cccs2)cc1. The summed E-state index contributed by atoms with van der Waals surface area (Å²) < 4.78 is 17.4. The van der Waals surface area contributed by atoms with Gasteiger partial charge in [-0.2, -0.15) is 0 Å². The Morgan fingerprint density at radius 3 is 2.56 bits per heavy atom. The molecule has 34 heavy (non-hydrogen) atoms. The zero-order valence-electron chi connectivity index (χ0n) is 18.7. The van der Waals surface area contributed by atoms with Crippen LogP contribution in [-0.4, -0.2) is 34.3 Å². The maximum Gasteiger partial charge on any atom is 0.255 e. The van der Waals surface area contributed by atoms with Crippen LogP contribution in [0.15, 0.2) is 58.8 Å². The molecule has 1 aliphatic heterocycles. The first-order chi connectivity index (χ1) is 16.4. The molecule has 2 aliphatic rings. The van der Waals surface area contributed by atoms with Crippen LogP contribution in [0.1, 0.15) is 39.1 Å². The first kappa shape index (κ1) is 20.9. The van der Waals surface area contributed by atoms with Crippen molar-refractivity contribution in [2.45, 2.75) is 24.0 Å². The van der Waals surface area contributed by atoms with Gasteiger partial charge in [-0.15, -0.1) is 11.3 Å². The zero-order chi connectivity index (χ0) is 23.7. The van der Waals surface area contributed by atoms with Crippen LogP contribution in [0.3, 0.4) is 0 Å². The van der Waals surface area contributed by atoms with Gasteiger partial charge in [-0.05, 0) is 30.5 Å². The minimum atomic E-state index is -1.83. The van der Waals surface area contributed by atoms with E-state index in [0.29, 0.717) is 39.9 Å². The predicted molar refractivity (Wildman–Crippen MR) is 125 cm³/mol. The predicted octanol–water partition coefficient (Wildman–Crippen LogP) is 3.22. The standard InChI is InChI=1S/C25H21N3O5S/c1-13-27-22-19(23(29)28-13)20(18-5-4-10-34-18)25(14-6-8-15(31-2)9-7-14)24(22,30)21-17(33-25)11-16(32-3)12-26-21/h4-12,20,30H,1-3H3,(H,27,28,29)/t20-,24+,25+/m1/s1. The largest absolute Gasteiger partial charge is 0.497 e. The summed E-state index contributed by atoms with van der Waals surface area (Å²) in [6.45, 7) is 1.69. The van der Waals surface area contributed by atoms with E-state index >= 15 is 0 Å². The first-order valence-electron chi connectivity index (χ1n) is 10.7. The number of fused-ring (bicyclic) bond motifs is 5. The Balaban J connectivity index is 1.75. The molecule has 0 spiro atoms. The Bertz CT molecular complexity index is 1470. The molecule has 2 N–H and O–H groups in total. The number of hydrogen-bond acceptors (Lipinski definition) is 8. The van der Waals surface area contributed by atoms with Crippen LogP contribution in [0, 0.1) is 6.92 Å². The maximum absolute atomic E-state index is 13.4. The van der Waals surface area contributed by atoms with Gasteiger partial charge in [0.05, 0.1) is 37.6 Å². The van der Waals surface area contributed by atoms with Crippen LogP contribution in [-0.2, 0) is 11.2 Å². The van der Waals surface area contributed by atoms with Crippen LogP contribution in [0.5, 0.6) is 17.2 Å². The monoisotopic (exact) mass is 475 g/mol. The third kappa shape index (κ3) is 2.48. The van der Waals surface area contributed by atoms with Crippen molar-refractivity contribution in [3.63, 3.8) is 0 Å². The van der Waals surface area contributed by atoms with Gasteiger partial charge < -0.3 is 24.3 Å². The number of nitrogens with zero attached hydrogens (tertiary/aromatic N) is 2. The van der Waals surface area contributed by atoms with E-state index in [-0.39, 0.29) is 11.3 Å². The molecule has 6 rings (SSSR count). The van der Waals surface area contributed by atoms with Crippen LogP contribution in [0.4, 0.5) is 0 Å². The number of hydrogen-bond donors (Lipinski definition) is 2. The lowest BCUT2D eigenvalue weighted by Crippen LogP contribution is -2.49. The topological polar surface area (TPSA) is 107 Å². The van der Waals surface area contributed by atoms with Crippen molar-refractivity contribution in [2.75, 3.05) is 14.2 Å². The Kier molecular flexibility index (Phi) is 4.39. The molecule has 0 saturated carbocycles. The van der Waals surface area contributed by atoms with E-state index in [1.165, 1.54) is 17.5 Å². The van der Waals surface area contributed by atoms with Crippen molar-refractivity contribution < 1.29 is 19.3 Å². The number of pyridine rings is 1. The number of aryl methyl sites for hydroxylation is 1. The highest BCUT2D eigenvalue weighted by Gasteiger charge is 2.74. The Morgan fingerprint density at radius 1 is 1.12 bits per heavy atom. The fraction of sp³-hybridized carbons (Fsp3) is 0.240. The Labute approximate surface area is 198 Å². The highest BCUT2D eigenvalue weighted by molar-refractivity contribution is 7.10. The molecule has 0 unspecified atom stereocenters. The molecule has 0 radical (unpaired) electrons. The van der Waals surface area contributed by atoms with E-state index in [0.717, 1.165) is 4.88 Å². The van der Waals surface area contributed by atoms with E-state index in [2.05, 4.69) is 15.0 Å². The number of benzene rings is 1.